The molecule has 1 aliphatic heterocycles. The van der Waals surface area contributed by atoms with E-state index >= 15 is 0 Å². The number of hydrogen-bond donors (Lipinski definition) is 2. The molecule has 0 aromatic carbocycles. The molecule has 8 nitrogen and oxygen atoms in total. The van der Waals surface area contributed by atoms with E-state index in [0.29, 0.717) is 44.2 Å². The lowest BCUT2D eigenvalue weighted by Gasteiger charge is -2.36. The Bertz CT molecular complexity index is 511. The summed E-state index contributed by atoms with van der Waals surface area (Å²) in [6.07, 6.45) is 3.28. The molecule has 1 aromatic heterocycles. The quantitative estimate of drug-likeness (QED) is 0.627. The number of anilines is 2. The summed E-state index contributed by atoms with van der Waals surface area (Å²) in [6.45, 7) is 5.60. The summed E-state index contributed by atoms with van der Waals surface area (Å²) in [6, 6.07) is 0. The van der Waals surface area contributed by atoms with Crippen LogP contribution in [0.1, 0.15) is 33.1 Å². The van der Waals surface area contributed by atoms with Gasteiger partial charge in [-0.05, 0) is 26.2 Å². The molecule has 2 heterocycles. The first kappa shape index (κ1) is 15.4. The Hall–Kier alpha value is -1.96. The van der Waals surface area contributed by atoms with Gasteiger partial charge in [-0.3, -0.25) is 10.1 Å². The standard InChI is InChI=1S/C13H21N5O3/c1-3-6-14-12-15-9-10(18(20)21)11(16-12)17-7-4-13(2,19)5-8-17/h9,19H,3-8H2,1-2H3,(H,14,15,16). The van der Waals surface area contributed by atoms with Crippen molar-refractivity contribution in [2.45, 2.75) is 38.7 Å². The second-order valence-electron chi connectivity index (χ2n) is 5.57. The fourth-order valence-electron chi connectivity index (χ4n) is 2.25. The first-order chi connectivity index (χ1) is 9.93. The minimum absolute atomic E-state index is 0.0985. The third-order valence-electron chi connectivity index (χ3n) is 3.62. The molecule has 1 aliphatic rings. The molecule has 8 heteroatoms. The van der Waals surface area contributed by atoms with Crippen LogP contribution in [0.4, 0.5) is 17.5 Å². The SMILES string of the molecule is CCCNc1ncc([N+](=O)[O-])c(N2CCC(C)(O)CC2)n1. The van der Waals surface area contributed by atoms with E-state index in [1.54, 1.807) is 6.92 Å². The Balaban J connectivity index is 2.24. The van der Waals surface area contributed by atoms with Crippen molar-refractivity contribution in [3.63, 3.8) is 0 Å². The summed E-state index contributed by atoms with van der Waals surface area (Å²) in [5.41, 5.74) is -0.805. The van der Waals surface area contributed by atoms with Gasteiger partial charge in [0.2, 0.25) is 11.8 Å². The van der Waals surface area contributed by atoms with Crippen LogP contribution < -0.4 is 10.2 Å². The molecule has 21 heavy (non-hydrogen) atoms. The highest BCUT2D eigenvalue weighted by Crippen LogP contribution is 2.31. The van der Waals surface area contributed by atoms with Gasteiger partial charge in [-0.25, -0.2) is 4.98 Å². The maximum Gasteiger partial charge on any atom is 0.329 e. The van der Waals surface area contributed by atoms with Crippen molar-refractivity contribution in [3.05, 3.63) is 16.3 Å². The minimum Gasteiger partial charge on any atom is -0.390 e. The summed E-state index contributed by atoms with van der Waals surface area (Å²) in [5, 5.41) is 24.2. The van der Waals surface area contributed by atoms with Gasteiger partial charge in [0, 0.05) is 19.6 Å². The number of nitrogens with one attached hydrogen (secondary N) is 1. The number of nitrogens with zero attached hydrogens (tertiary/aromatic N) is 4. The molecule has 2 rings (SSSR count). The summed E-state index contributed by atoms with van der Waals surface area (Å²) >= 11 is 0. The van der Waals surface area contributed by atoms with Gasteiger partial charge in [0.25, 0.3) is 0 Å². The van der Waals surface area contributed by atoms with Crippen LogP contribution in [-0.4, -0.2) is 45.2 Å². The molecule has 0 spiro atoms. The lowest BCUT2D eigenvalue weighted by atomic mass is 9.94. The van der Waals surface area contributed by atoms with Gasteiger partial charge in [-0.1, -0.05) is 6.92 Å². The first-order valence-electron chi connectivity index (χ1n) is 7.15. The molecule has 0 atom stereocenters. The van der Waals surface area contributed by atoms with E-state index in [2.05, 4.69) is 15.3 Å². The predicted octanol–water partition coefficient (Wildman–Crippen LogP) is 1.56. The summed E-state index contributed by atoms with van der Waals surface area (Å²) in [7, 11) is 0. The van der Waals surface area contributed by atoms with E-state index in [-0.39, 0.29) is 5.69 Å². The van der Waals surface area contributed by atoms with Crippen LogP contribution in [0.25, 0.3) is 0 Å². The van der Waals surface area contributed by atoms with Gasteiger partial charge in [-0.2, -0.15) is 4.98 Å². The average molecular weight is 295 g/mol. The van der Waals surface area contributed by atoms with Crippen LogP contribution in [-0.2, 0) is 0 Å². The van der Waals surface area contributed by atoms with Crippen molar-refractivity contribution >= 4 is 17.5 Å². The number of aliphatic hydroxyl groups is 1. The Morgan fingerprint density at radius 1 is 1.52 bits per heavy atom. The molecular weight excluding hydrogens is 274 g/mol. The summed E-state index contributed by atoms with van der Waals surface area (Å²) in [5.74, 6) is 0.721. The van der Waals surface area contributed by atoms with Crippen molar-refractivity contribution in [3.8, 4) is 0 Å². The van der Waals surface area contributed by atoms with Gasteiger partial charge < -0.3 is 15.3 Å². The molecular formula is C13H21N5O3. The molecule has 0 saturated carbocycles. The molecule has 0 bridgehead atoms. The molecule has 0 unspecified atom stereocenters. The number of piperidine rings is 1. The van der Waals surface area contributed by atoms with E-state index in [9.17, 15) is 15.2 Å². The van der Waals surface area contributed by atoms with Crippen LogP contribution in [0, 0.1) is 10.1 Å². The topological polar surface area (TPSA) is 104 Å². The van der Waals surface area contributed by atoms with Crippen molar-refractivity contribution in [1.82, 2.24) is 9.97 Å². The lowest BCUT2D eigenvalue weighted by Crippen LogP contribution is -2.43. The van der Waals surface area contributed by atoms with Crippen LogP contribution in [0.5, 0.6) is 0 Å². The normalized spacial score (nSPS) is 17.6. The second-order valence-corrected chi connectivity index (χ2v) is 5.57. The van der Waals surface area contributed by atoms with E-state index < -0.39 is 10.5 Å². The fourth-order valence-corrected chi connectivity index (χ4v) is 2.25. The van der Waals surface area contributed by atoms with Gasteiger partial charge in [0.15, 0.2) is 0 Å². The van der Waals surface area contributed by atoms with Crippen molar-refractivity contribution in [2.24, 2.45) is 0 Å². The highest BCUT2D eigenvalue weighted by atomic mass is 16.6. The third-order valence-corrected chi connectivity index (χ3v) is 3.62. The van der Waals surface area contributed by atoms with E-state index in [0.717, 1.165) is 6.42 Å². The Morgan fingerprint density at radius 2 is 2.19 bits per heavy atom. The van der Waals surface area contributed by atoms with Crippen molar-refractivity contribution in [2.75, 3.05) is 29.9 Å². The molecule has 1 saturated heterocycles. The van der Waals surface area contributed by atoms with Crippen LogP contribution in [0.15, 0.2) is 6.20 Å². The van der Waals surface area contributed by atoms with E-state index in [1.807, 2.05) is 11.8 Å². The molecule has 2 N–H and O–H groups in total. The Labute approximate surface area is 123 Å². The number of aromatic nitrogens is 2. The average Bonchev–Trinajstić information content (AvgIpc) is 2.44. The Morgan fingerprint density at radius 3 is 2.76 bits per heavy atom. The zero-order valence-electron chi connectivity index (χ0n) is 12.4. The first-order valence-corrected chi connectivity index (χ1v) is 7.15. The zero-order chi connectivity index (χ0) is 15.5. The fraction of sp³-hybridized carbons (Fsp3) is 0.692. The van der Waals surface area contributed by atoms with E-state index in [1.165, 1.54) is 6.20 Å². The predicted molar refractivity (Wildman–Crippen MR) is 79.5 cm³/mol. The smallest absolute Gasteiger partial charge is 0.329 e. The van der Waals surface area contributed by atoms with Crippen LogP contribution in [0.3, 0.4) is 0 Å². The maximum absolute atomic E-state index is 11.1. The van der Waals surface area contributed by atoms with Crippen LogP contribution in [0.2, 0.25) is 0 Å². The molecule has 0 amide bonds. The molecule has 1 fully saturated rings. The monoisotopic (exact) mass is 295 g/mol. The van der Waals surface area contributed by atoms with Gasteiger partial charge in [0.1, 0.15) is 6.20 Å². The van der Waals surface area contributed by atoms with Gasteiger partial charge in [0.05, 0.1) is 10.5 Å². The lowest BCUT2D eigenvalue weighted by molar-refractivity contribution is -0.384. The molecule has 0 aliphatic carbocycles. The van der Waals surface area contributed by atoms with Gasteiger partial charge >= 0.3 is 5.69 Å². The van der Waals surface area contributed by atoms with Crippen LogP contribution >= 0.6 is 0 Å². The van der Waals surface area contributed by atoms with Gasteiger partial charge in [-0.15, -0.1) is 0 Å². The number of nitro groups is 1. The summed E-state index contributed by atoms with van der Waals surface area (Å²) in [4.78, 5) is 20.8. The Kier molecular flexibility index (Phi) is 4.56. The highest BCUT2D eigenvalue weighted by Gasteiger charge is 2.31. The second kappa shape index (κ2) is 6.21. The number of hydrogen-bond acceptors (Lipinski definition) is 7. The third kappa shape index (κ3) is 3.78. The molecule has 0 radical (unpaired) electrons. The van der Waals surface area contributed by atoms with E-state index in [4.69, 9.17) is 0 Å². The highest BCUT2D eigenvalue weighted by molar-refractivity contribution is 5.59. The molecule has 116 valence electrons. The minimum atomic E-state index is -0.707. The zero-order valence-corrected chi connectivity index (χ0v) is 12.4. The summed E-state index contributed by atoms with van der Waals surface area (Å²) < 4.78 is 0. The van der Waals surface area contributed by atoms with Crippen molar-refractivity contribution < 1.29 is 10.0 Å². The maximum atomic E-state index is 11.1. The van der Waals surface area contributed by atoms with Crippen molar-refractivity contribution in [1.29, 1.82) is 0 Å². The largest absolute Gasteiger partial charge is 0.390 e. The number of rotatable bonds is 5. The molecule has 1 aromatic rings.